The Balaban J connectivity index is 1.77. The molecule has 1 aromatic rings. The van der Waals surface area contributed by atoms with Gasteiger partial charge in [-0.25, -0.2) is 4.90 Å². The number of methoxy groups -OCH3 is 1. The molecular weight excluding hydrogens is 336 g/mol. The molecule has 2 bridgehead atoms. The molecular formula is C19H18N2O5. The number of non-ortho nitro benzene ring substituents is 1. The minimum Gasteiger partial charge on any atom is -0.494 e. The van der Waals surface area contributed by atoms with Gasteiger partial charge in [0.1, 0.15) is 5.75 Å². The second kappa shape index (κ2) is 5.52. The van der Waals surface area contributed by atoms with Crippen molar-refractivity contribution in [3.63, 3.8) is 0 Å². The number of allylic oxidation sites excluding steroid dienone is 4. The Morgan fingerprint density at radius 1 is 1.12 bits per heavy atom. The van der Waals surface area contributed by atoms with Gasteiger partial charge in [-0.1, -0.05) is 23.3 Å². The van der Waals surface area contributed by atoms with E-state index in [1.54, 1.807) is 0 Å². The van der Waals surface area contributed by atoms with E-state index in [0.717, 1.165) is 10.5 Å². The molecule has 0 aromatic heterocycles. The predicted octanol–water partition coefficient (Wildman–Crippen LogP) is 2.86. The number of carbonyl (C=O) groups is 2. The molecule has 0 unspecified atom stereocenters. The monoisotopic (exact) mass is 354 g/mol. The normalized spacial score (nSPS) is 28.7. The molecule has 7 nitrogen and oxygen atoms in total. The number of imide groups is 1. The van der Waals surface area contributed by atoms with Crippen molar-refractivity contribution >= 4 is 23.2 Å². The van der Waals surface area contributed by atoms with Crippen molar-refractivity contribution in [1.82, 2.24) is 0 Å². The number of amides is 2. The van der Waals surface area contributed by atoms with Gasteiger partial charge < -0.3 is 4.74 Å². The van der Waals surface area contributed by atoms with E-state index in [2.05, 4.69) is 0 Å². The molecule has 1 saturated heterocycles. The van der Waals surface area contributed by atoms with E-state index >= 15 is 0 Å². The lowest BCUT2D eigenvalue weighted by molar-refractivity contribution is -0.384. The van der Waals surface area contributed by atoms with Gasteiger partial charge in [0, 0.05) is 17.9 Å². The Bertz CT molecular complexity index is 879. The SMILES string of the molecule is COc1cc([N+](=O)[O-])ccc1N1C(=O)[C@H]2[C@H](C1=O)[C@H]1C=C[C@H]2C1=C(C)C. The molecule has 0 N–H and O–H groups in total. The molecule has 2 amide bonds. The summed E-state index contributed by atoms with van der Waals surface area (Å²) in [6.07, 6.45) is 4.05. The fourth-order valence-electron chi connectivity index (χ4n) is 4.63. The van der Waals surface area contributed by atoms with E-state index in [1.807, 2.05) is 26.0 Å². The number of benzene rings is 1. The Kier molecular flexibility index (Phi) is 3.50. The lowest BCUT2D eigenvalue weighted by atomic mass is 9.85. The Morgan fingerprint density at radius 2 is 1.69 bits per heavy atom. The first kappa shape index (κ1) is 16.5. The Hall–Kier alpha value is -2.96. The van der Waals surface area contributed by atoms with Crippen LogP contribution in [0.5, 0.6) is 5.75 Å². The van der Waals surface area contributed by atoms with Gasteiger partial charge in [-0.05, 0) is 19.9 Å². The molecule has 1 heterocycles. The summed E-state index contributed by atoms with van der Waals surface area (Å²) in [5, 5.41) is 11.0. The molecule has 2 fully saturated rings. The zero-order valence-corrected chi connectivity index (χ0v) is 14.6. The third-order valence-corrected chi connectivity index (χ3v) is 5.61. The van der Waals surface area contributed by atoms with E-state index in [-0.39, 0.29) is 40.8 Å². The number of anilines is 1. The Labute approximate surface area is 150 Å². The number of rotatable bonds is 3. The summed E-state index contributed by atoms with van der Waals surface area (Å²) in [4.78, 5) is 37.8. The lowest BCUT2D eigenvalue weighted by Gasteiger charge is -2.21. The van der Waals surface area contributed by atoms with Gasteiger partial charge in [0.25, 0.3) is 5.69 Å². The van der Waals surface area contributed by atoms with Gasteiger partial charge in [-0.15, -0.1) is 0 Å². The van der Waals surface area contributed by atoms with Crippen LogP contribution in [0, 0.1) is 33.8 Å². The second-order valence-electron chi connectivity index (χ2n) is 7.07. The number of carbonyl (C=O) groups excluding carboxylic acids is 2. The van der Waals surface area contributed by atoms with Crippen LogP contribution < -0.4 is 9.64 Å². The summed E-state index contributed by atoms with van der Waals surface area (Å²) in [7, 11) is 1.36. The standard InChI is InChI=1S/C19H18N2O5/c1-9(2)15-11-5-6-12(15)17-16(11)18(22)20(19(17)23)13-7-4-10(21(24)25)8-14(13)26-3/h4-8,11-12,16-17H,1-3H3/t11-,12-,16+,17+/m0/s1. The first-order valence-corrected chi connectivity index (χ1v) is 8.42. The summed E-state index contributed by atoms with van der Waals surface area (Å²) in [5.74, 6) is -1.26. The number of nitro groups is 1. The molecule has 1 aliphatic heterocycles. The molecule has 1 saturated carbocycles. The van der Waals surface area contributed by atoms with Gasteiger partial charge in [-0.2, -0.15) is 0 Å². The van der Waals surface area contributed by atoms with Gasteiger partial charge >= 0.3 is 0 Å². The van der Waals surface area contributed by atoms with Crippen LogP contribution in [-0.4, -0.2) is 23.8 Å². The maximum atomic E-state index is 13.1. The topological polar surface area (TPSA) is 89.8 Å². The van der Waals surface area contributed by atoms with Crippen LogP contribution in [-0.2, 0) is 9.59 Å². The molecule has 26 heavy (non-hydrogen) atoms. The van der Waals surface area contributed by atoms with Crippen molar-refractivity contribution < 1.29 is 19.2 Å². The minimum absolute atomic E-state index is 0.0412. The van der Waals surface area contributed by atoms with E-state index < -0.39 is 16.8 Å². The summed E-state index contributed by atoms with van der Waals surface area (Å²) in [6, 6.07) is 3.92. The summed E-state index contributed by atoms with van der Waals surface area (Å²) < 4.78 is 5.22. The maximum absolute atomic E-state index is 13.1. The highest BCUT2D eigenvalue weighted by molar-refractivity contribution is 6.24. The van der Waals surface area contributed by atoms with Crippen molar-refractivity contribution in [1.29, 1.82) is 0 Å². The van der Waals surface area contributed by atoms with Crippen molar-refractivity contribution in [3.8, 4) is 5.75 Å². The maximum Gasteiger partial charge on any atom is 0.273 e. The van der Waals surface area contributed by atoms with Gasteiger partial charge in [-0.3, -0.25) is 19.7 Å². The van der Waals surface area contributed by atoms with Crippen LogP contribution >= 0.6 is 0 Å². The third kappa shape index (κ3) is 2.00. The fraction of sp³-hybridized carbons (Fsp3) is 0.368. The van der Waals surface area contributed by atoms with E-state index in [4.69, 9.17) is 4.74 Å². The average molecular weight is 354 g/mol. The fourth-order valence-corrected chi connectivity index (χ4v) is 4.63. The zero-order chi connectivity index (χ0) is 18.7. The predicted molar refractivity (Wildman–Crippen MR) is 93.6 cm³/mol. The van der Waals surface area contributed by atoms with Crippen LogP contribution in [0.1, 0.15) is 13.8 Å². The van der Waals surface area contributed by atoms with Crippen LogP contribution in [0.3, 0.4) is 0 Å². The van der Waals surface area contributed by atoms with Crippen LogP contribution in [0.4, 0.5) is 11.4 Å². The molecule has 0 radical (unpaired) electrons. The number of nitro benzene ring substituents is 1. The summed E-state index contributed by atoms with van der Waals surface area (Å²) >= 11 is 0. The quantitative estimate of drug-likeness (QED) is 0.360. The highest BCUT2D eigenvalue weighted by Crippen LogP contribution is 2.57. The van der Waals surface area contributed by atoms with Crippen molar-refractivity contribution in [3.05, 3.63) is 51.6 Å². The average Bonchev–Trinajstić information content (AvgIpc) is 3.24. The summed E-state index contributed by atoms with van der Waals surface area (Å²) in [5.41, 5.74) is 2.44. The number of fused-ring (bicyclic) bond motifs is 5. The van der Waals surface area contributed by atoms with E-state index in [9.17, 15) is 19.7 Å². The first-order valence-electron chi connectivity index (χ1n) is 8.42. The van der Waals surface area contributed by atoms with Crippen molar-refractivity contribution in [2.24, 2.45) is 23.7 Å². The van der Waals surface area contributed by atoms with E-state index in [0.29, 0.717) is 0 Å². The highest BCUT2D eigenvalue weighted by atomic mass is 16.6. The number of hydrogen-bond acceptors (Lipinski definition) is 5. The van der Waals surface area contributed by atoms with Crippen LogP contribution in [0.15, 0.2) is 41.5 Å². The molecule has 0 spiro atoms. The largest absolute Gasteiger partial charge is 0.494 e. The molecule has 3 aliphatic rings. The van der Waals surface area contributed by atoms with Crippen molar-refractivity contribution in [2.75, 3.05) is 12.0 Å². The molecule has 1 aromatic carbocycles. The lowest BCUT2D eigenvalue weighted by Crippen LogP contribution is -2.33. The van der Waals surface area contributed by atoms with Crippen LogP contribution in [0.2, 0.25) is 0 Å². The molecule has 134 valence electrons. The van der Waals surface area contributed by atoms with Gasteiger partial charge in [0.05, 0.1) is 35.6 Å². The smallest absolute Gasteiger partial charge is 0.273 e. The first-order chi connectivity index (χ1) is 12.4. The number of hydrogen-bond donors (Lipinski definition) is 0. The molecule has 4 rings (SSSR count). The van der Waals surface area contributed by atoms with Gasteiger partial charge in [0.15, 0.2) is 0 Å². The number of ether oxygens (including phenoxy) is 1. The second-order valence-corrected chi connectivity index (χ2v) is 7.07. The van der Waals surface area contributed by atoms with Crippen LogP contribution in [0.25, 0.3) is 0 Å². The third-order valence-electron chi connectivity index (χ3n) is 5.61. The number of nitrogens with zero attached hydrogens (tertiary/aromatic N) is 2. The zero-order valence-electron chi connectivity index (χ0n) is 14.6. The van der Waals surface area contributed by atoms with E-state index in [1.165, 1.54) is 30.9 Å². The highest BCUT2D eigenvalue weighted by Gasteiger charge is 2.62. The minimum atomic E-state index is -0.542. The Morgan fingerprint density at radius 3 is 2.15 bits per heavy atom. The molecule has 7 heteroatoms. The van der Waals surface area contributed by atoms with Gasteiger partial charge in [0.2, 0.25) is 11.8 Å². The summed E-state index contributed by atoms with van der Waals surface area (Å²) in [6.45, 7) is 4.02. The molecule has 4 atom stereocenters. The molecule has 2 aliphatic carbocycles. The van der Waals surface area contributed by atoms with Crippen molar-refractivity contribution in [2.45, 2.75) is 13.8 Å².